The van der Waals surface area contributed by atoms with Gasteiger partial charge in [0, 0.05) is 0 Å². The van der Waals surface area contributed by atoms with E-state index in [0.717, 1.165) is 0 Å². The molecule has 0 bridgehead atoms. The zero-order chi connectivity index (χ0) is 4.50. The second kappa shape index (κ2) is 6.04. The normalized spacial score (nSPS) is 8.43. The molecule has 0 unspecified atom stereocenters. The molecule has 0 saturated carbocycles. The predicted molar refractivity (Wildman–Crippen MR) is 32.7 cm³/mol. The molecule has 0 rings (SSSR count). The molecule has 4 nitrogen and oxygen atoms in total. The van der Waals surface area contributed by atoms with Crippen molar-refractivity contribution in [2.45, 2.75) is 0 Å². The molecule has 42 valence electrons. The fourth-order valence-corrected chi connectivity index (χ4v) is 0. The quantitative estimate of drug-likeness (QED) is 0.313. The first kappa shape index (κ1) is 16.0. The molecular weight excluding hydrogens is 237 g/mol. The third-order valence-electron chi connectivity index (χ3n) is 0. The van der Waals surface area contributed by atoms with E-state index in [0.29, 0.717) is 0 Å². The molecule has 0 aromatic rings. The molecule has 0 aliphatic rings. The molecule has 0 aliphatic heterocycles. The second-order valence-corrected chi connectivity index (χ2v) is 1.54. The molecule has 0 aromatic heterocycles. The van der Waals surface area contributed by atoms with Crippen LogP contribution in [0.5, 0.6) is 0 Å². The van der Waals surface area contributed by atoms with Gasteiger partial charge in [-0.2, -0.15) is 0 Å². The Balaban J connectivity index is -0.0000000800. The Morgan fingerprint density at radius 1 is 1.14 bits per heavy atom. The number of hydrogen-bond donors (Lipinski definition) is 3. The van der Waals surface area contributed by atoms with Crippen LogP contribution in [0.3, 0.4) is 0 Å². The standard InChI is InChI=1S/Na.H3O4P.Sn.5H/c;1-5(2,3)4;;;;;;/h;(H3,1,2,3,4);;;;;;. The molecule has 0 radical (unpaired) electrons. The summed E-state index contributed by atoms with van der Waals surface area (Å²) < 4.78 is 8.88. The van der Waals surface area contributed by atoms with Crippen LogP contribution in [0, 0.1) is 0 Å². The molecule has 0 amide bonds. The summed E-state index contributed by atoms with van der Waals surface area (Å²) >= 11 is 0. The van der Waals surface area contributed by atoms with Crippen molar-refractivity contribution in [1.29, 1.82) is 0 Å². The van der Waals surface area contributed by atoms with Gasteiger partial charge < -0.3 is 14.7 Å². The van der Waals surface area contributed by atoms with Crippen LogP contribution in [0.2, 0.25) is 0 Å². The van der Waals surface area contributed by atoms with Crippen LogP contribution in [0.4, 0.5) is 0 Å². The van der Waals surface area contributed by atoms with Gasteiger partial charge in [0.25, 0.3) is 0 Å². The predicted octanol–water partition coefficient (Wildman–Crippen LogP) is -3.03. The SMILES string of the molecule is O=P(O)(O)O.[NaH].[SnH4]. The third kappa shape index (κ3) is 75.8. The van der Waals surface area contributed by atoms with Crippen LogP contribution >= 0.6 is 7.82 Å². The van der Waals surface area contributed by atoms with Gasteiger partial charge >= 0.3 is 61.3 Å². The van der Waals surface area contributed by atoms with Gasteiger partial charge in [-0.1, -0.05) is 0 Å². The van der Waals surface area contributed by atoms with Crippen molar-refractivity contribution >= 4 is 61.3 Å². The first-order chi connectivity index (χ1) is 2.00. The molecule has 7 heteroatoms. The van der Waals surface area contributed by atoms with Gasteiger partial charge in [0.1, 0.15) is 0 Å². The summed E-state index contributed by atoms with van der Waals surface area (Å²) in [5, 5.41) is 0. The van der Waals surface area contributed by atoms with Crippen LogP contribution in [0.25, 0.3) is 0 Å². The van der Waals surface area contributed by atoms with Crippen molar-refractivity contribution in [3.8, 4) is 0 Å². The fraction of sp³-hybridized carbons (Fsp3) is 0. The van der Waals surface area contributed by atoms with E-state index in [1.807, 2.05) is 0 Å². The molecule has 7 heavy (non-hydrogen) atoms. The van der Waals surface area contributed by atoms with Gasteiger partial charge in [-0.05, 0) is 0 Å². The second-order valence-electron chi connectivity index (χ2n) is 0.513. The summed E-state index contributed by atoms with van der Waals surface area (Å²) in [6.45, 7) is 0. The van der Waals surface area contributed by atoms with E-state index in [4.69, 9.17) is 19.2 Å². The molecular formula is H8NaO4PSn. The minimum atomic E-state index is -4.64. The monoisotopic (exact) mass is 246 g/mol. The Morgan fingerprint density at radius 2 is 1.14 bits per heavy atom. The maximum absolute atomic E-state index is 8.88. The van der Waals surface area contributed by atoms with E-state index in [1.54, 1.807) is 0 Å². The zero-order valence-corrected chi connectivity index (χ0v) is 3.09. The van der Waals surface area contributed by atoms with Crippen molar-refractivity contribution in [3.05, 3.63) is 0 Å². The molecule has 3 N–H and O–H groups in total. The Kier molecular flexibility index (Phi) is 13.8. The minimum absolute atomic E-state index is 0. The summed E-state index contributed by atoms with van der Waals surface area (Å²) in [5.41, 5.74) is 0. The number of phosphoric acid groups is 1. The molecule has 0 spiro atoms. The first-order valence-electron chi connectivity index (χ1n) is 0.783. The van der Waals surface area contributed by atoms with Gasteiger partial charge in [-0.25, -0.2) is 4.57 Å². The average Bonchev–Trinajstić information content (AvgIpc) is 0.722. The first-order valence-corrected chi connectivity index (χ1v) is 2.35. The molecule has 0 fully saturated rings. The van der Waals surface area contributed by atoms with E-state index in [2.05, 4.69) is 0 Å². The van der Waals surface area contributed by atoms with Crippen LogP contribution in [0.1, 0.15) is 0 Å². The van der Waals surface area contributed by atoms with Crippen LogP contribution in [-0.2, 0) is 4.57 Å². The van der Waals surface area contributed by atoms with Gasteiger partial charge in [-0.3, -0.25) is 0 Å². The van der Waals surface area contributed by atoms with Crippen molar-refractivity contribution in [1.82, 2.24) is 0 Å². The van der Waals surface area contributed by atoms with Crippen molar-refractivity contribution < 1.29 is 19.2 Å². The Bertz CT molecular complexity index is 57.8. The summed E-state index contributed by atoms with van der Waals surface area (Å²) in [4.78, 5) is 21.6. The zero-order valence-electron chi connectivity index (χ0n) is 2.20. The van der Waals surface area contributed by atoms with Gasteiger partial charge in [0.05, 0.1) is 0 Å². The molecule has 0 heterocycles. The average molecular weight is 245 g/mol. The third-order valence-corrected chi connectivity index (χ3v) is 0. The summed E-state index contributed by atoms with van der Waals surface area (Å²) in [7, 11) is -4.64. The van der Waals surface area contributed by atoms with Gasteiger partial charge in [0.2, 0.25) is 0 Å². The Morgan fingerprint density at radius 3 is 1.14 bits per heavy atom. The molecule has 0 saturated heterocycles. The van der Waals surface area contributed by atoms with E-state index in [-0.39, 0.29) is 53.5 Å². The summed E-state index contributed by atoms with van der Waals surface area (Å²) in [6, 6.07) is 0. The van der Waals surface area contributed by atoms with E-state index >= 15 is 0 Å². The van der Waals surface area contributed by atoms with Crippen LogP contribution < -0.4 is 0 Å². The van der Waals surface area contributed by atoms with Gasteiger partial charge in [-0.15, -0.1) is 0 Å². The topological polar surface area (TPSA) is 77.8 Å². The van der Waals surface area contributed by atoms with E-state index < -0.39 is 7.82 Å². The van der Waals surface area contributed by atoms with Crippen LogP contribution in [-0.4, -0.2) is 68.1 Å². The molecule has 0 aliphatic carbocycles. The van der Waals surface area contributed by atoms with Crippen LogP contribution in [0.15, 0.2) is 0 Å². The van der Waals surface area contributed by atoms with Crippen molar-refractivity contribution in [3.63, 3.8) is 0 Å². The molecule has 0 aromatic carbocycles. The summed E-state index contributed by atoms with van der Waals surface area (Å²) in [6.07, 6.45) is 0. The van der Waals surface area contributed by atoms with E-state index in [9.17, 15) is 0 Å². The fourth-order valence-electron chi connectivity index (χ4n) is 0. The number of hydrogen-bond acceptors (Lipinski definition) is 1. The van der Waals surface area contributed by atoms with Crippen molar-refractivity contribution in [2.75, 3.05) is 0 Å². The van der Waals surface area contributed by atoms with E-state index in [1.165, 1.54) is 0 Å². The van der Waals surface area contributed by atoms with Gasteiger partial charge in [0.15, 0.2) is 0 Å². The summed E-state index contributed by atoms with van der Waals surface area (Å²) in [5.74, 6) is 0. The van der Waals surface area contributed by atoms with Crippen molar-refractivity contribution in [2.24, 2.45) is 0 Å². The Hall–Kier alpha value is 1.91. The Labute approximate surface area is 79.8 Å². The number of rotatable bonds is 0. The maximum atomic E-state index is 8.88. The molecule has 0 atom stereocenters.